The number of rotatable bonds is 4. The summed E-state index contributed by atoms with van der Waals surface area (Å²) in [5.74, 6) is -1.05. The van der Waals surface area contributed by atoms with Gasteiger partial charge in [-0.3, -0.25) is 4.79 Å². The number of carbonyl (C=O) groups is 2. The lowest BCUT2D eigenvalue weighted by molar-refractivity contribution is -0.150. The van der Waals surface area contributed by atoms with Crippen LogP contribution in [0.2, 0.25) is 0 Å². The summed E-state index contributed by atoms with van der Waals surface area (Å²) in [4.78, 5) is 22.4. The Morgan fingerprint density at radius 2 is 2.31 bits per heavy atom. The number of nitrogens with one attached hydrogen (secondary N) is 1. The molecule has 1 rings (SSSR count). The summed E-state index contributed by atoms with van der Waals surface area (Å²) in [6.45, 7) is 0.434. The van der Waals surface area contributed by atoms with Gasteiger partial charge in [-0.1, -0.05) is 0 Å². The van der Waals surface area contributed by atoms with E-state index in [0.717, 1.165) is 12.8 Å². The maximum absolute atomic E-state index is 11.5. The number of aliphatic hydroxyl groups excluding tert-OH is 1. The van der Waals surface area contributed by atoms with Gasteiger partial charge < -0.3 is 19.9 Å². The average molecular weight is 231 g/mol. The number of hydrogen-bond donors (Lipinski definition) is 2. The van der Waals surface area contributed by atoms with Crippen molar-refractivity contribution in [1.29, 1.82) is 0 Å². The lowest BCUT2D eigenvalue weighted by Gasteiger charge is -2.22. The zero-order valence-corrected chi connectivity index (χ0v) is 9.27. The highest BCUT2D eigenvalue weighted by atomic mass is 16.5. The van der Waals surface area contributed by atoms with E-state index in [-0.39, 0.29) is 12.5 Å². The van der Waals surface area contributed by atoms with Crippen molar-refractivity contribution in [3.05, 3.63) is 0 Å². The first-order valence-electron chi connectivity index (χ1n) is 5.30. The fraction of sp³-hybridized carbons (Fsp3) is 0.800. The minimum Gasteiger partial charge on any atom is -0.467 e. The standard InChI is InChI=1S/C10H17NO5/c1-15-10(14)7(12)6-11-9(13)8-4-2-3-5-16-8/h7-8,12H,2-6H2,1H3,(H,11,13). The second-order valence-corrected chi connectivity index (χ2v) is 3.64. The number of carbonyl (C=O) groups excluding carboxylic acids is 2. The topological polar surface area (TPSA) is 84.9 Å². The van der Waals surface area contributed by atoms with Gasteiger partial charge in [-0.2, -0.15) is 0 Å². The van der Waals surface area contributed by atoms with Crippen LogP contribution < -0.4 is 5.32 Å². The molecule has 0 aromatic heterocycles. The van der Waals surface area contributed by atoms with Crippen molar-refractivity contribution in [2.75, 3.05) is 20.3 Å². The van der Waals surface area contributed by atoms with Crippen molar-refractivity contribution < 1.29 is 24.2 Å². The molecule has 1 amide bonds. The summed E-state index contributed by atoms with van der Waals surface area (Å²) in [5, 5.41) is 11.7. The molecule has 0 radical (unpaired) electrons. The van der Waals surface area contributed by atoms with E-state index in [9.17, 15) is 14.7 Å². The molecule has 1 heterocycles. The number of methoxy groups -OCH3 is 1. The molecule has 0 spiro atoms. The molecule has 92 valence electrons. The van der Waals surface area contributed by atoms with Crippen molar-refractivity contribution in [2.24, 2.45) is 0 Å². The highest BCUT2D eigenvalue weighted by molar-refractivity contribution is 5.82. The van der Waals surface area contributed by atoms with Gasteiger partial charge >= 0.3 is 5.97 Å². The summed E-state index contributed by atoms with van der Waals surface area (Å²) in [7, 11) is 1.18. The van der Waals surface area contributed by atoms with Crippen molar-refractivity contribution >= 4 is 11.9 Å². The van der Waals surface area contributed by atoms with Crippen LogP contribution >= 0.6 is 0 Å². The molecule has 0 saturated carbocycles. The number of ether oxygens (including phenoxy) is 2. The van der Waals surface area contributed by atoms with Crippen LogP contribution in [0.25, 0.3) is 0 Å². The molecule has 6 nitrogen and oxygen atoms in total. The molecule has 1 fully saturated rings. The van der Waals surface area contributed by atoms with Gasteiger partial charge in [0.25, 0.3) is 0 Å². The zero-order chi connectivity index (χ0) is 12.0. The highest BCUT2D eigenvalue weighted by Crippen LogP contribution is 2.12. The molecule has 0 aromatic rings. The van der Waals surface area contributed by atoms with Gasteiger partial charge in [0, 0.05) is 6.61 Å². The quantitative estimate of drug-likeness (QED) is 0.619. The first-order chi connectivity index (χ1) is 7.65. The third kappa shape index (κ3) is 3.79. The van der Waals surface area contributed by atoms with Crippen LogP contribution in [0.15, 0.2) is 0 Å². The maximum Gasteiger partial charge on any atom is 0.336 e. The monoisotopic (exact) mass is 231 g/mol. The Labute approximate surface area is 93.9 Å². The van der Waals surface area contributed by atoms with Crippen LogP contribution in [-0.4, -0.2) is 49.5 Å². The van der Waals surface area contributed by atoms with E-state index in [2.05, 4.69) is 10.1 Å². The first kappa shape index (κ1) is 12.9. The van der Waals surface area contributed by atoms with Crippen molar-refractivity contribution in [2.45, 2.75) is 31.5 Å². The van der Waals surface area contributed by atoms with Gasteiger partial charge in [-0.05, 0) is 19.3 Å². The largest absolute Gasteiger partial charge is 0.467 e. The van der Waals surface area contributed by atoms with E-state index in [0.29, 0.717) is 13.0 Å². The molecule has 2 atom stereocenters. The minimum atomic E-state index is -1.32. The zero-order valence-electron chi connectivity index (χ0n) is 9.27. The summed E-state index contributed by atoms with van der Waals surface area (Å²) in [6, 6.07) is 0. The van der Waals surface area contributed by atoms with Crippen molar-refractivity contribution in [1.82, 2.24) is 5.32 Å². The number of aliphatic hydroxyl groups is 1. The summed E-state index contributed by atoms with van der Waals surface area (Å²) >= 11 is 0. The lowest BCUT2D eigenvalue weighted by Crippen LogP contribution is -2.43. The van der Waals surface area contributed by atoms with Crippen LogP contribution in [0.5, 0.6) is 0 Å². The Morgan fingerprint density at radius 3 is 2.88 bits per heavy atom. The Morgan fingerprint density at radius 1 is 1.56 bits per heavy atom. The highest BCUT2D eigenvalue weighted by Gasteiger charge is 2.23. The molecular formula is C10H17NO5. The molecule has 1 aliphatic rings. The Kier molecular flexibility index (Phi) is 5.21. The SMILES string of the molecule is COC(=O)C(O)CNC(=O)C1CCCCO1. The summed E-state index contributed by atoms with van der Waals surface area (Å²) in [6.07, 6.45) is 0.822. The van der Waals surface area contributed by atoms with Crippen LogP contribution in [0, 0.1) is 0 Å². The molecular weight excluding hydrogens is 214 g/mol. The third-order valence-corrected chi connectivity index (χ3v) is 2.42. The predicted octanol–water partition coefficient (Wildman–Crippen LogP) is -0.794. The second kappa shape index (κ2) is 6.44. The van der Waals surface area contributed by atoms with Gasteiger partial charge in [0.05, 0.1) is 13.7 Å². The minimum absolute atomic E-state index is 0.147. The molecule has 16 heavy (non-hydrogen) atoms. The van der Waals surface area contributed by atoms with Crippen LogP contribution in [0.4, 0.5) is 0 Å². The Balaban J connectivity index is 2.26. The average Bonchev–Trinajstić information content (AvgIpc) is 2.35. The van der Waals surface area contributed by atoms with Crippen LogP contribution in [0.1, 0.15) is 19.3 Å². The molecule has 0 bridgehead atoms. The first-order valence-corrected chi connectivity index (χ1v) is 5.30. The number of esters is 1. The van der Waals surface area contributed by atoms with Gasteiger partial charge in [0.2, 0.25) is 5.91 Å². The summed E-state index contributed by atoms with van der Waals surface area (Å²) < 4.78 is 9.57. The van der Waals surface area contributed by atoms with Crippen molar-refractivity contribution in [3.8, 4) is 0 Å². The normalized spacial score (nSPS) is 22.2. The Hall–Kier alpha value is -1.14. The van der Waals surface area contributed by atoms with E-state index in [1.165, 1.54) is 7.11 Å². The molecule has 2 unspecified atom stereocenters. The smallest absolute Gasteiger partial charge is 0.336 e. The molecule has 2 N–H and O–H groups in total. The van der Waals surface area contributed by atoms with Crippen LogP contribution in [-0.2, 0) is 19.1 Å². The molecule has 0 aromatic carbocycles. The van der Waals surface area contributed by atoms with E-state index in [1.807, 2.05) is 0 Å². The second-order valence-electron chi connectivity index (χ2n) is 3.64. The number of amides is 1. The molecule has 0 aliphatic carbocycles. The van der Waals surface area contributed by atoms with E-state index < -0.39 is 18.2 Å². The van der Waals surface area contributed by atoms with Gasteiger partial charge in [-0.15, -0.1) is 0 Å². The predicted molar refractivity (Wildman–Crippen MR) is 54.6 cm³/mol. The van der Waals surface area contributed by atoms with Gasteiger partial charge in [0.1, 0.15) is 6.10 Å². The fourth-order valence-corrected chi connectivity index (χ4v) is 1.48. The van der Waals surface area contributed by atoms with Gasteiger partial charge in [-0.25, -0.2) is 4.79 Å². The lowest BCUT2D eigenvalue weighted by atomic mass is 10.1. The van der Waals surface area contributed by atoms with E-state index >= 15 is 0 Å². The van der Waals surface area contributed by atoms with Crippen molar-refractivity contribution in [3.63, 3.8) is 0 Å². The molecule has 1 saturated heterocycles. The summed E-state index contributed by atoms with van der Waals surface area (Å²) in [5.41, 5.74) is 0. The van der Waals surface area contributed by atoms with Crippen LogP contribution in [0.3, 0.4) is 0 Å². The molecule has 6 heteroatoms. The Bertz CT molecular complexity index is 250. The maximum atomic E-state index is 11.5. The number of hydrogen-bond acceptors (Lipinski definition) is 5. The fourth-order valence-electron chi connectivity index (χ4n) is 1.48. The van der Waals surface area contributed by atoms with Gasteiger partial charge in [0.15, 0.2) is 6.10 Å². The third-order valence-electron chi connectivity index (χ3n) is 2.42. The van der Waals surface area contributed by atoms with E-state index in [1.54, 1.807) is 0 Å². The molecule has 1 aliphatic heterocycles. The van der Waals surface area contributed by atoms with E-state index in [4.69, 9.17) is 4.74 Å².